The van der Waals surface area contributed by atoms with E-state index in [2.05, 4.69) is 19.2 Å². The normalized spacial score (nSPS) is 11.8. The molecule has 0 aromatic carbocycles. The second kappa shape index (κ2) is 30.1. The third-order valence-electron chi connectivity index (χ3n) is 8.62. The third kappa shape index (κ3) is 29.9. The van der Waals surface area contributed by atoms with E-state index in [-0.39, 0.29) is 19.3 Å². The van der Waals surface area contributed by atoms with Crippen LogP contribution in [0.1, 0.15) is 180 Å². The number of carbonyl (C=O) groups excluding carboxylic acids is 1. The van der Waals surface area contributed by atoms with Crippen molar-refractivity contribution in [1.29, 1.82) is 0 Å². The highest BCUT2D eigenvalue weighted by molar-refractivity contribution is 5.66. The van der Waals surface area contributed by atoms with Crippen LogP contribution in [0.15, 0.2) is 12.3 Å². The fourth-order valence-electron chi connectivity index (χ4n) is 6.00. The van der Waals surface area contributed by atoms with E-state index in [9.17, 15) is 19.5 Å². The molecule has 43 heavy (non-hydrogen) atoms. The molecule has 0 amide bonds. The minimum atomic E-state index is -1.09. The number of carboxylic acid groups (broad SMARTS) is 3. The fourth-order valence-corrected chi connectivity index (χ4v) is 6.00. The number of hydrogen-bond acceptors (Lipinski definition) is 4. The molecule has 0 spiro atoms. The lowest BCUT2D eigenvalue weighted by molar-refractivity contribution is -0.880. The molecular weight excluding hydrogens is 542 g/mol. The van der Waals surface area contributed by atoms with Crippen LogP contribution in [-0.4, -0.2) is 52.2 Å². The van der Waals surface area contributed by atoms with Crippen molar-refractivity contribution in [1.82, 2.24) is 0 Å². The Morgan fingerprint density at radius 2 is 0.837 bits per heavy atom. The molecule has 252 valence electrons. The largest absolute Gasteiger partial charge is 0.550 e. The molecule has 0 bridgehead atoms. The van der Waals surface area contributed by atoms with Gasteiger partial charge in [-0.25, -0.2) is 0 Å². The van der Waals surface area contributed by atoms with Crippen LogP contribution in [-0.2, 0) is 14.4 Å². The van der Waals surface area contributed by atoms with Crippen LogP contribution in [0.5, 0.6) is 0 Å². The molecule has 0 aliphatic carbocycles. The van der Waals surface area contributed by atoms with Crippen LogP contribution in [0.2, 0.25) is 0 Å². The summed E-state index contributed by atoms with van der Waals surface area (Å²) in [6.45, 7) is 3.95. The first kappa shape index (κ1) is 41.1. The zero-order valence-electron chi connectivity index (χ0n) is 27.8. The number of nitrogens with zero attached hydrogens (tertiary/aromatic N) is 1. The molecule has 0 radical (unpaired) electrons. The van der Waals surface area contributed by atoms with Gasteiger partial charge in [0.05, 0.1) is 38.7 Å². The fraction of sp³-hybridized carbons (Fsp3) is 0.861. The Balaban J connectivity index is 4.05. The molecule has 0 atom stereocenters. The average Bonchev–Trinajstić information content (AvgIpc) is 2.95. The van der Waals surface area contributed by atoms with Crippen molar-refractivity contribution in [3.63, 3.8) is 0 Å². The summed E-state index contributed by atoms with van der Waals surface area (Å²) in [6.07, 6.45) is 33.7. The Morgan fingerprint density at radius 1 is 0.512 bits per heavy atom. The lowest BCUT2D eigenvalue weighted by atomic mass is 10.0. The van der Waals surface area contributed by atoms with Crippen LogP contribution in [0.4, 0.5) is 0 Å². The summed E-state index contributed by atoms with van der Waals surface area (Å²) in [5, 5.41) is 29.1. The Labute approximate surface area is 264 Å². The minimum Gasteiger partial charge on any atom is -0.550 e. The van der Waals surface area contributed by atoms with Crippen LogP contribution in [0.3, 0.4) is 0 Å². The monoisotopic (exact) mass is 609 g/mol. The highest BCUT2D eigenvalue weighted by Crippen LogP contribution is 2.18. The Morgan fingerprint density at radius 3 is 1.16 bits per heavy atom. The number of allylic oxidation sites excluding steroid dienone is 1. The van der Waals surface area contributed by atoms with Gasteiger partial charge in [-0.15, -0.1) is 0 Å². The lowest BCUT2D eigenvalue weighted by Crippen LogP contribution is -2.46. The van der Waals surface area contributed by atoms with E-state index >= 15 is 0 Å². The zero-order valence-corrected chi connectivity index (χ0v) is 27.8. The second-order valence-electron chi connectivity index (χ2n) is 12.8. The van der Waals surface area contributed by atoms with E-state index in [0.29, 0.717) is 43.4 Å². The lowest BCUT2D eigenvalue weighted by Gasteiger charge is -2.35. The molecule has 0 aliphatic rings. The molecule has 0 heterocycles. The number of quaternary nitrogens is 1. The van der Waals surface area contributed by atoms with Crippen LogP contribution >= 0.6 is 0 Å². The highest BCUT2D eigenvalue weighted by Gasteiger charge is 2.25. The van der Waals surface area contributed by atoms with Gasteiger partial charge in [0, 0.05) is 25.2 Å². The van der Waals surface area contributed by atoms with E-state index in [1.54, 1.807) is 0 Å². The number of carbonyl (C=O) groups is 3. The van der Waals surface area contributed by atoms with Crippen LogP contribution in [0.25, 0.3) is 0 Å². The van der Waals surface area contributed by atoms with E-state index < -0.39 is 17.9 Å². The number of aliphatic carboxylic acids is 3. The average molecular weight is 610 g/mol. The van der Waals surface area contributed by atoms with Crippen molar-refractivity contribution in [3.8, 4) is 0 Å². The van der Waals surface area contributed by atoms with E-state index in [1.165, 1.54) is 122 Å². The number of carboxylic acids is 3. The molecular formula is C36H67NO6. The summed E-state index contributed by atoms with van der Waals surface area (Å²) < 4.78 is 0.438. The molecule has 7 heteroatoms. The number of hydrogen-bond donors (Lipinski definition) is 2. The molecule has 0 unspecified atom stereocenters. The first-order valence-corrected chi connectivity index (χ1v) is 18.0. The van der Waals surface area contributed by atoms with Gasteiger partial charge in [0.1, 0.15) is 0 Å². The van der Waals surface area contributed by atoms with Crippen molar-refractivity contribution in [3.05, 3.63) is 12.3 Å². The zero-order chi connectivity index (χ0) is 31.9. The SMILES string of the molecule is CCCCCCCCCCCCCCCCCCCCCC/C=C/[N+](CCCC(=O)[O-])(CCCC(=O)O)CCCC(=O)O. The predicted octanol–water partition coefficient (Wildman–Crippen LogP) is 8.79. The molecule has 0 rings (SSSR count). The topological polar surface area (TPSA) is 115 Å². The Bertz CT molecular complexity index is 658. The van der Waals surface area contributed by atoms with E-state index in [1.807, 2.05) is 0 Å². The van der Waals surface area contributed by atoms with E-state index in [4.69, 9.17) is 10.2 Å². The van der Waals surface area contributed by atoms with Crippen molar-refractivity contribution in [2.24, 2.45) is 0 Å². The van der Waals surface area contributed by atoms with Gasteiger partial charge in [-0.05, 0) is 25.3 Å². The summed E-state index contributed by atoms with van der Waals surface area (Å²) in [5.74, 6) is -2.80. The molecule has 0 saturated carbocycles. The summed E-state index contributed by atoms with van der Waals surface area (Å²) in [7, 11) is 0. The van der Waals surface area contributed by atoms with Gasteiger partial charge in [-0.1, -0.05) is 129 Å². The number of unbranched alkanes of at least 4 members (excludes halogenated alkanes) is 20. The quantitative estimate of drug-likeness (QED) is 0.0556. The standard InChI is InChI=1S/C36H67NO6/c1-2-3-4-5-6-7-8-9-10-11-12-13-14-15-16-17-18-19-20-21-22-23-30-37(31-24-27-34(38)39,32-25-28-35(40)41)33-26-29-36(42)43/h23,30H,2-22,24-29,31-33H2,1H3,(H2-,38,39,40,41,42,43)/b30-23+. The summed E-state index contributed by atoms with van der Waals surface area (Å²) in [6, 6.07) is 0. The summed E-state index contributed by atoms with van der Waals surface area (Å²) >= 11 is 0. The van der Waals surface area contributed by atoms with Crippen LogP contribution in [0, 0.1) is 0 Å². The Hall–Kier alpha value is -1.89. The number of rotatable bonds is 34. The second-order valence-corrected chi connectivity index (χ2v) is 12.8. The van der Waals surface area contributed by atoms with Crippen molar-refractivity contribution >= 4 is 17.9 Å². The molecule has 7 nitrogen and oxygen atoms in total. The smallest absolute Gasteiger partial charge is 0.303 e. The maximum Gasteiger partial charge on any atom is 0.303 e. The van der Waals surface area contributed by atoms with Gasteiger partial charge in [0.2, 0.25) is 0 Å². The highest BCUT2D eigenvalue weighted by atomic mass is 16.4. The van der Waals surface area contributed by atoms with Crippen molar-refractivity contribution in [2.75, 3.05) is 19.6 Å². The van der Waals surface area contributed by atoms with Gasteiger partial charge < -0.3 is 20.1 Å². The molecule has 0 fully saturated rings. The summed E-state index contributed by atoms with van der Waals surface area (Å²) in [4.78, 5) is 33.1. The molecule has 0 aromatic rings. The minimum absolute atomic E-state index is 0.0482. The van der Waals surface area contributed by atoms with Crippen molar-refractivity contribution < 1.29 is 34.2 Å². The third-order valence-corrected chi connectivity index (χ3v) is 8.62. The van der Waals surface area contributed by atoms with Crippen molar-refractivity contribution in [2.45, 2.75) is 180 Å². The van der Waals surface area contributed by atoms with Gasteiger partial charge >= 0.3 is 11.9 Å². The molecule has 0 saturated heterocycles. The molecule has 0 aromatic heterocycles. The maximum atomic E-state index is 11.1. The molecule has 0 aliphatic heterocycles. The maximum absolute atomic E-state index is 11.1. The molecule has 2 N–H and O–H groups in total. The summed E-state index contributed by atoms with van der Waals surface area (Å²) in [5.41, 5.74) is 0. The van der Waals surface area contributed by atoms with Gasteiger partial charge in [-0.2, -0.15) is 0 Å². The first-order chi connectivity index (χ1) is 20.8. The van der Waals surface area contributed by atoms with E-state index in [0.717, 1.165) is 12.8 Å². The first-order valence-electron chi connectivity index (χ1n) is 18.0. The van der Waals surface area contributed by atoms with Gasteiger partial charge in [-0.3, -0.25) is 14.1 Å². The Kier molecular flexibility index (Phi) is 28.8. The predicted molar refractivity (Wildman–Crippen MR) is 175 cm³/mol. The van der Waals surface area contributed by atoms with Gasteiger partial charge in [0.15, 0.2) is 0 Å². The van der Waals surface area contributed by atoms with Crippen LogP contribution < -0.4 is 5.11 Å². The van der Waals surface area contributed by atoms with Gasteiger partial charge in [0.25, 0.3) is 0 Å².